The minimum atomic E-state index is -0.819. The summed E-state index contributed by atoms with van der Waals surface area (Å²) in [5.74, 6) is 0.446. The summed E-state index contributed by atoms with van der Waals surface area (Å²) in [4.78, 5) is 21.3. The third-order valence-electron chi connectivity index (χ3n) is 1.40. The lowest BCUT2D eigenvalue weighted by atomic mass is 10.2. The molecule has 0 atom stereocenters. The van der Waals surface area contributed by atoms with Gasteiger partial charge in [0, 0.05) is 12.3 Å². The molecule has 0 aliphatic rings. The van der Waals surface area contributed by atoms with Gasteiger partial charge in [0.1, 0.15) is 0 Å². The maximum absolute atomic E-state index is 11.1. The Morgan fingerprint density at radius 3 is 2.57 bits per heavy atom. The Bertz CT molecular complexity index is 194. The van der Waals surface area contributed by atoms with Crippen LogP contribution in [0.3, 0.4) is 0 Å². The van der Waals surface area contributed by atoms with Gasteiger partial charge in [-0.05, 0) is 5.92 Å². The highest BCUT2D eigenvalue weighted by atomic mass is 32.2. The first-order valence-electron chi connectivity index (χ1n) is 4.58. The van der Waals surface area contributed by atoms with Crippen LogP contribution in [0.2, 0.25) is 0 Å². The lowest BCUT2D eigenvalue weighted by Crippen LogP contribution is -2.28. The normalized spacial score (nSPS) is 10.2. The Morgan fingerprint density at radius 2 is 2.07 bits per heavy atom. The Hall–Kier alpha value is -0.710. The van der Waals surface area contributed by atoms with Crippen LogP contribution < -0.4 is 5.32 Å². The van der Waals surface area contributed by atoms with Gasteiger partial charge < -0.3 is 10.4 Å². The average Bonchev–Trinajstić information content (AvgIpc) is 2.08. The smallest absolute Gasteiger partial charge is 0.304 e. The molecule has 5 heteroatoms. The zero-order valence-electron chi connectivity index (χ0n) is 8.58. The molecule has 0 saturated heterocycles. The number of aliphatic carboxylic acids is 1. The van der Waals surface area contributed by atoms with Crippen molar-refractivity contribution in [3.05, 3.63) is 0 Å². The summed E-state index contributed by atoms with van der Waals surface area (Å²) in [6.45, 7) is 4.73. The molecule has 14 heavy (non-hydrogen) atoms. The van der Waals surface area contributed by atoms with E-state index >= 15 is 0 Å². The molecule has 0 bridgehead atoms. The van der Waals surface area contributed by atoms with Crippen molar-refractivity contribution in [2.24, 2.45) is 5.92 Å². The third-order valence-corrected chi connectivity index (χ3v) is 2.36. The van der Waals surface area contributed by atoms with Crippen LogP contribution in [0.4, 0.5) is 0 Å². The second-order valence-corrected chi connectivity index (χ2v) is 4.50. The number of hydrogen-bond acceptors (Lipinski definition) is 3. The Kier molecular flexibility index (Phi) is 7.28. The van der Waals surface area contributed by atoms with Gasteiger partial charge in [0.05, 0.1) is 12.2 Å². The van der Waals surface area contributed by atoms with E-state index in [0.29, 0.717) is 24.0 Å². The van der Waals surface area contributed by atoms with Gasteiger partial charge in [0.25, 0.3) is 0 Å². The first kappa shape index (κ1) is 13.3. The van der Waals surface area contributed by atoms with Crippen molar-refractivity contribution in [2.75, 3.05) is 18.1 Å². The van der Waals surface area contributed by atoms with E-state index in [4.69, 9.17) is 5.11 Å². The maximum Gasteiger partial charge on any atom is 0.304 e. The average molecular weight is 219 g/mol. The Balaban J connectivity index is 3.31. The molecular formula is C9H17NO3S. The lowest BCUT2D eigenvalue weighted by Gasteiger charge is -2.06. The number of nitrogens with one attached hydrogen (secondary N) is 1. The van der Waals surface area contributed by atoms with E-state index in [9.17, 15) is 9.59 Å². The molecular weight excluding hydrogens is 202 g/mol. The van der Waals surface area contributed by atoms with E-state index in [1.54, 1.807) is 0 Å². The summed E-state index contributed by atoms with van der Waals surface area (Å²) in [5, 5.41) is 11.1. The molecule has 0 aromatic heterocycles. The summed E-state index contributed by atoms with van der Waals surface area (Å²) in [5.41, 5.74) is 0. The standard InChI is InChI=1S/C9H17NO3S/c1-7(2)5-10-8(11)6-14-4-3-9(12)13/h7H,3-6H2,1-2H3,(H,10,11)(H,12,13). The number of thioether (sulfide) groups is 1. The topological polar surface area (TPSA) is 66.4 Å². The molecule has 0 heterocycles. The zero-order chi connectivity index (χ0) is 11.0. The monoisotopic (exact) mass is 219 g/mol. The molecule has 0 unspecified atom stereocenters. The molecule has 0 aromatic carbocycles. The number of carboxylic acids is 1. The van der Waals surface area contributed by atoms with Crippen LogP contribution in [0.5, 0.6) is 0 Å². The van der Waals surface area contributed by atoms with Crippen molar-refractivity contribution in [3.63, 3.8) is 0 Å². The van der Waals surface area contributed by atoms with Crippen LogP contribution in [0.25, 0.3) is 0 Å². The maximum atomic E-state index is 11.1. The minimum absolute atomic E-state index is 0.0194. The van der Waals surface area contributed by atoms with Crippen molar-refractivity contribution in [3.8, 4) is 0 Å². The number of carbonyl (C=O) groups excluding carboxylic acids is 1. The van der Waals surface area contributed by atoms with Gasteiger partial charge in [-0.3, -0.25) is 9.59 Å². The summed E-state index contributed by atoms with van der Waals surface area (Å²) in [6, 6.07) is 0. The molecule has 1 amide bonds. The van der Waals surface area contributed by atoms with E-state index in [-0.39, 0.29) is 12.3 Å². The van der Waals surface area contributed by atoms with E-state index in [1.807, 2.05) is 13.8 Å². The third kappa shape index (κ3) is 9.38. The van der Waals surface area contributed by atoms with Gasteiger partial charge in [0.2, 0.25) is 5.91 Å². The van der Waals surface area contributed by atoms with Gasteiger partial charge in [-0.1, -0.05) is 13.8 Å². The van der Waals surface area contributed by atoms with E-state index < -0.39 is 5.97 Å². The van der Waals surface area contributed by atoms with Crippen molar-refractivity contribution in [1.82, 2.24) is 5.32 Å². The lowest BCUT2D eigenvalue weighted by molar-refractivity contribution is -0.136. The summed E-state index contributed by atoms with van der Waals surface area (Å²) >= 11 is 1.35. The number of rotatable bonds is 7. The second kappa shape index (κ2) is 7.67. The Labute approximate surface area is 88.4 Å². The highest BCUT2D eigenvalue weighted by Crippen LogP contribution is 2.01. The van der Waals surface area contributed by atoms with Crippen LogP contribution in [-0.4, -0.2) is 35.0 Å². The van der Waals surface area contributed by atoms with Gasteiger partial charge >= 0.3 is 5.97 Å². The fraction of sp³-hybridized carbons (Fsp3) is 0.778. The summed E-state index contributed by atoms with van der Waals surface area (Å²) in [7, 11) is 0. The van der Waals surface area contributed by atoms with Gasteiger partial charge in [0.15, 0.2) is 0 Å². The van der Waals surface area contributed by atoms with E-state index in [0.717, 1.165) is 0 Å². The molecule has 0 aliphatic carbocycles. The molecule has 0 radical (unpaired) electrons. The Morgan fingerprint density at radius 1 is 1.43 bits per heavy atom. The molecule has 0 fully saturated rings. The van der Waals surface area contributed by atoms with Gasteiger partial charge in [-0.2, -0.15) is 11.8 Å². The number of carbonyl (C=O) groups is 2. The zero-order valence-corrected chi connectivity index (χ0v) is 9.39. The fourth-order valence-corrected chi connectivity index (χ4v) is 1.44. The second-order valence-electron chi connectivity index (χ2n) is 3.39. The molecule has 0 saturated carbocycles. The van der Waals surface area contributed by atoms with Gasteiger partial charge in [-0.15, -0.1) is 0 Å². The SMILES string of the molecule is CC(C)CNC(=O)CSCCC(=O)O. The first-order chi connectivity index (χ1) is 6.52. The van der Waals surface area contributed by atoms with Crippen molar-refractivity contribution in [1.29, 1.82) is 0 Å². The van der Waals surface area contributed by atoms with Crippen LogP contribution >= 0.6 is 11.8 Å². The largest absolute Gasteiger partial charge is 0.481 e. The van der Waals surface area contributed by atoms with Crippen LogP contribution in [0.15, 0.2) is 0 Å². The predicted molar refractivity (Wildman–Crippen MR) is 57.4 cm³/mol. The van der Waals surface area contributed by atoms with Crippen molar-refractivity contribution in [2.45, 2.75) is 20.3 Å². The number of amides is 1. The van der Waals surface area contributed by atoms with Crippen molar-refractivity contribution >= 4 is 23.6 Å². The molecule has 4 nitrogen and oxygen atoms in total. The van der Waals surface area contributed by atoms with Gasteiger partial charge in [-0.25, -0.2) is 0 Å². The molecule has 0 aliphatic heterocycles. The summed E-state index contributed by atoms with van der Waals surface area (Å²) in [6.07, 6.45) is 0.113. The highest BCUT2D eigenvalue weighted by molar-refractivity contribution is 7.99. The van der Waals surface area contributed by atoms with E-state index in [2.05, 4.69) is 5.32 Å². The first-order valence-corrected chi connectivity index (χ1v) is 5.74. The fourth-order valence-electron chi connectivity index (χ4n) is 0.693. The quantitative estimate of drug-likeness (QED) is 0.626. The number of carboxylic acid groups (broad SMARTS) is 1. The number of hydrogen-bond donors (Lipinski definition) is 2. The molecule has 82 valence electrons. The van der Waals surface area contributed by atoms with Crippen LogP contribution in [0, 0.1) is 5.92 Å². The van der Waals surface area contributed by atoms with Crippen molar-refractivity contribution < 1.29 is 14.7 Å². The molecule has 0 aromatic rings. The summed E-state index contributed by atoms with van der Waals surface area (Å²) < 4.78 is 0. The molecule has 0 rings (SSSR count). The molecule has 2 N–H and O–H groups in total. The van der Waals surface area contributed by atoms with E-state index in [1.165, 1.54) is 11.8 Å². The highest BCUT2D eigenvalue weighted by Gasteiger charge is 2.03. The predicted octanol–water partition coefficient (Wildman–Crippen LogP) is 0.966. The molecule has 0 spiro atoms. The van der Waals surface area contributed by atoms with Crippen LogP contribution in [-0.2, 0) is 9.59 Å². The minimum Gasteiger partial charge on any atom is -0.481 e. The van der Waals surface area contributed by atoms with Crippen LogP contribution in [0.1, 0.15) is 20.3 Å².